The van der Waals surface area contributed by atoms with Crippen molar-refractivity contribution in [1.82, 2.24) is 20.6 Å². The average molecular weight is 603 g/mol. The molecule has 0 bridgehead atoms. The molecule has 1 fully saturated rings. The second kappa shape index (κ2) is 13.5. The minimum atomic E-state index is -1.46. The fourth-order valence-electron chi connectivity index (χ4n) is 5.63. The molecular weight excluding hydrogens is 564 g/mol. The van der Waals surface area contributed by atoms with E-state index in [9.17, 15) is 29.1 Å². The maximum Gasteiger partial charge on any atom is 0.346 e. The van der Waals surface area contributed by atoms with Gasteiger partial charge in [0.2, 0.25) is 0 Å². The number of urea groups is 1. The molecule has 0 spiro atoms. The van der Waals surface area contributed by atoms with Crippen molar-refractivity contribution in [2.24, 2.45) is 5.92 Å². The van der Waals surface area contributed by atoms with E-state index >= 15 is 0 Å². The van der Waals surface area contributed by atoms with Gasteiger partial charge in [0.05, 0.1) is 0 Å². The molecule has 2 heterocycles. The summed E-state index contributed by atoms with van der Waals surface area (Å²) >= 11 is 0. The first-order valence-electron chi connectivity index (χ1n) is 14.5. The number of rotatable bonds is 10. The first-order chi connectivity index (χ1) is 20.9. The minimum absolute atomic E-state index is 0.116. The van der Waals surface area contributed by atoms with Gasteiger partial charge in [0.25, 0.3) is 5.91 Å². The number of carbonyl (C=O) groups is 4. The van der Waals surface area contributed by atoms with Crippen molar-refractivity contribution >= 4 is 35.2 Å². The summed E-state index contributed by atoms with van der Waals surface area (Å²) in [5.74, 6) is -2.46. The number of aliphatic carboxylic acids is 1. The molecule has 1 atom stereocenters. The third kappa shape index (κ3) is 7.31. The summed E-state index contributed by atoms with van der Waals surface area (Å²) in [4.78, 5) is 72.5. The van der Waals surface area contributed by atoms with Crippen LogP contribution in [0.25, 0.3) is 0 Å². The van der Waals surface area contributed by atoms with Gasteiger partial charge in [0, 0.05) is 48.4 Å². The quantitative estimate of drug-likeness (QED) is 0.235. The number of benzene rings is 2. The zero-order valence-electron chi connectivity index (χ0n) is 25.3. The maximum absolute atomic E-state index is 13.4. The Morgan fingerprint density at radius 3 is 2.23 bits per heavy atom. The van der Waals surface area contributed by atoms with Crippen LogP contribution in [0.15, 0.2) is 59.5 Å². The number of carboxylic acids is 1. The second-order valence-electron chi connectivity index (χ2n) is 11.4. The topological polar surface area (TPSA) is 174 Å². The molecular formula is C32H38N6O6. The number of aromatic nitrogens is 2. The van der Waals surface area contributed by atoms with Crippen molar-refractivity contribution in [1.29, 1.82) is 0 Å². The zero-order chi connectivity index (χ0) is 32.0. The largest absolute Gasteiger partial charge is 0.480 e. The van der Waals surface area contributed by atoms with Gasteiger partial charge in [0.1, 0.15) is 17.4 Å². The molecule has 232 valence electrons. The number of carboxylic acid groups (broad SMARTS) is 1. The number of ketones is 1. The Kier molecular flexibility index (Phi) is 9.82. The van der Waals surface area contributed by atoms with E-state index < -0.39 is 35.2 Å². The van der Waals surface area contributed by atoms with E-state index in [2.05, 4.69) is 30.8 Å². The lowest BCUT2D eigenvalue weighted by Crippen LogP contribution is -2.64. The van der Waals surface area contributed by atoms with E-state index in [1.165, 1.54) is 6.20 Å². The fraction of sp³-hybridized carbons (Fsp3) is 0.375. The maximum atomic E-state index is 13.4. The molecule has 3 amide bonds. The Hall–Kier alpha value is -5.00. The highest BCUT2D eigenvalue weighted by Crippen LogP contribution is 2.29. The van der Waals surface area contributed by atoms with E-state index in [-0.39, 0.29) is 29.5 Å². The van der Waals surface area contributed by atoms with Gasteiger partial charge >= 0.3 is 17.7 Å². The molecule has 0 aliphatic carbocycles. The summed E-state index contributed by atoms with van der Waals surface area (Å²) in [5, 5.41) is 17.9. The number of amides is 3. The van der Waals surface area contributed by atoms with E-state index in [0.717, 1.165) is 16.8 Å². The molecule has 44 heavy (non-hydrogen) atoms. The molecule has 0 radical (unpaired) electrons. The third-order valence-corrected chi connectivity index (χ3v) is 7.94. The number of piperidine rings is 1. The van der Waals surface area contributed by atoms with Crippen LogP contribution in [0.2, 0.25) is 0 Å². The van der Waals surface area contributed by atoms with Gasteiger partial charge in [-0.3, -0.25) is 9.59 Å². The highest BCUT2D eigenvalue weighted by Gasteiger charge is 2.44. The van der Waals surface area contributed by atoms with Crippen molar-refractivity contribution in [3.05, 3.63) is 87.5 Å². The fourth-order valence-corrected chi connectivity index (χ4v) is 5.63. The zero-order valence-corrected chi connectivity index (χ0v) is 25.3. The Bertz CT molecular complexity index is 1570. The molecule has 3 aromatic rings. The Morgan fingerprint density at radius 1 is 1.00 bits per heavy atom. The number of nitrogens with zero attached hydrogens (tertiary/aromatic N) is 2. The summed E-state index contributed by atoms with van der Waals surface area (Å²) in [5.41, 5.74) is 1.15. The van der Waals surface area contributed by atoms with Crippen molar-refractivity contribution in [3.8, 4) is 0 Å². The van der Waals surface area contributed by atoms with Gasteiger partial charge in [-0.05, 0) is 49.9 Å². The predicted octanol–water partition coefficient (Wildman–Crippen LogP) is 3.20. The number of aryl methyl sites for hydroxylation is 2. The van der Waals surface area contributed by atoms with Crippen LogP contribution < -0.4 is 26.5 Å². The SMILES string of the molecule is Cc1cccc(C)c1C(=O)Nc1nc(=O)[nH]cc1CC(NC(=O)NC1(C(=O)C(C)C)CCN(c2ccccc2)CC1)C(=O)O. The number of nitrogens with one attached hydrogen (secondary N) is 4. The number of carbonyl (C=O) groups excluding carboxylic acids is 3. The van der Waals surface area contributed by atoms with Crippen LogP contribution >= 0.6 is 0 Å². The molecule has 12 heteroatoms. The van der Waals surface area contributed by atoms with Crippen LogP contribution in [0.1, 0.15) is 53.7 Å². The van der Waals surface area contributed by atoms with E-state index in [0.29, 0.717) is 31.5 Å². The highest BCUT2D eigenvalue weighted by atomic mass is 16.4. The van der Waals surface area contributed by atoms with Crippen molar-refractivity contribution in [2.45, 2.75) is 58.5 Å². The number of aromatic amines is 1. The molecule has 1 aromatic heterocycles. The Labute approximate surface area is 255 Å². The normalized spacial score (nSPS) is 14.9. The number of Topliss-reactive ketones (excluding diaryl/α,β-unsaturated/α-hetero) is 1. The predicted molar refractivity (Wildman–Crippen MR) is 166 cm³/mol. The lowest BCUT2D eigenvalue weighted by atomic mass is 9.79. The van der Waals surface area contributed by atoms with Crippen LogP contribution in [-0.4, -0.2) is 63.4 Å². The molecule has 2 aromatic carbocycles. The lowest BCUT2D eigenvalue weighted by Gasteiger charge is -2.43. The lowest BCUT2D eigenvalue weighted by molar-refractivity contribution is -0.139. The van der Waals surface area contributed by atoms with Crippen LogP contribution in [0, 0.1) is 19.8 Å². The molecule has 5 N–H and O–H groups in total. The van der Waals surface area contributed by atoms with Gasteiger partial charge in [-0.15, -0.1) is 0 Å². The van der Waals surface area contributed by atoms with Gasteiger partial charge in [-0.1, -0.05) is 50.2 Å². The monoisotopic (exact) mass is 602 g/mol. The number of hydrogen-bond donors (Lipinski definition) is 5. The first-order valence-corrected chi connectivity index (χ1v) is 14.5. The van der Waals surface area contributed by atoms with E-state index in [1.54, 1.807) is 39.8 Å². The van der Waals surface area contributed by atoms with Gasteiger partial charge < -0.3 is 30.9 Å². The standard InChI is InChI=1S/C32H38N6O6/c1-19(2)26(39)32(13-15-38(16-14-32)23-11-6-5-7-12-23)37-31(44)34-24(29(41)42)17-22-18-33-30(43)36-27(22)35-28(40)25-20(3)9-8-10-21(25)4/h5-12,18-19,24H,13-17H2,1-4H3,(H,41,42)(H2,34,37,44)(H2,33,35,36,40,43). The second-order valence-corrected chi connectivity index (χ2v) is 11.4. The average Bonchev–Trinajstić information content (AvgIpc) is 2.98. The molecule has 1 aliphatic rings. The number of para-hydroxylation sites is 1. The van der Waals surface area contributed by atoms with Crippen molar-refractivity contribution in [2.75, 3.05) is 23.3 Å². The van der Waals surface area contributed by atoms with Crippen molar-refractivity contribution < 1.29 is 24.3 Å². The summed E-state index contributed by atoms with van der Waals surface area (Å²) in [6, 6.07) is 12.9. The number of anilines is 2. The van der Waals surface area contributed by atoms with Crippen molar-refractivity contribution in [3.63, 3.8) is 0 Å². The van der Waals surface area contributed by atoms with E-state index in [1.807, 2.05) is 36.4 Å². The molecule has 1 saturated heterocycles. The van der Waals surface area contributed by atoms with Gasteiger partial charge in [-0.2, -0.15) is 4.98 Å². The van der Waals surface area contributed by atoms with Gasteiger partial charge in [-0.25, -0.2) is 14.4 Å². The summed E-state index contributed by atoms with van der Waals surface area (Å²) in [7, 11) is 0. The number of H-pyrrole nitrogens is 1. The molecule has 4 rings (SSSR count). The summed E-state index contributed by atoms with van der Waals surface area (Å²) in [6.07, 6.45) is 1.65. The van der Waals surface area contributed by atoms with Crippen LogP contribution in [0.3, 0.4) is 0 Å². The summed E-state index contributed by atoms with van der Waals surface area (Å²) in [6.45, 7) is 8.14. The molecule has 1 aliphatic heterocycles. The Balaban J connectivity index is 1.51. The van der Waals surface area contributed by atoms with Crippen LogP contribution in [0.5, 0.6) is 0 Å². The molecule has 12 nitrogen and oxygen atoms in total. The smallest absolute Gasteiger partial charge is 0.346 e. The summed E-state index contributed by atoms with van der Waals surface area (Å²) < 4.78 is 0. The van der Waals surface area contributed by atoms with Gasteiger partial charge in [0.15, 0.2) is 5.78 Å². The van der Waals surface area contributed by atoms with Crippen LogP contribution in [-0.2, 0) is 16.0 Å². The molecule has 1 unspecified atom stereocenters. The number of hydrogen-bond acceptors (Lipinski definition) is 7. The molecule has 0 saturated carbocycles. The third-order valence-electron chi connectivity index (χ3n) is 7.94. The first kappa shape index (κ1) is 31.9. The van der Waals surface area contributed by atoms with Crippen LogP contribution in [0.4, 0.5) is 16.3 Å². The Morgan fingerprint density at radius 2 is 1.64 bits per heavy atom. The minimum Gasteiger partial charge on any atom is -0.480 e. The highest BCUT2D eigenvalue weighted by molar-refractivity contribution is 6.06. The van der Waals surface area contributed by atoms with E-state index in [4.69, 9.17) is 0 Å².